The number of hydrogen-bond donors (Lipinski definition) is 3. The van der Waals surface area contributed by atoms with E-state index in [1.54, 1.807) is 25.1 Å². The number of thiazole rings is 1. The number of nitrogen functional groups attached to an aromatic ring is 1. The fraction of sp³-hybridized carbons (Fsp3) is 0.357. The number of anilines is 1. The molecule has 1 aromatic heterocycles. The number of nitrogens with two attached hydrogens (primary N) is 1. The quantitative estimate of drug-likeness (QED) is 0.784. The molecule has 0 aliphatic rings. The van der Waals surface area contributed by atoms with Crippen LogP contribution >= 0.6 is 11.3 Å². The first-order valence-electron chi connectivity index (χ1n) is 6.62. The number of nitrogens with one attached hydrogen (secondary N) is 1. The fourth-order valence-corrected chi connectivity index (χ4v) is 2.76. The minimum atomic E-state index is -1.03. The molecule has 1 aromatic carbocycles. The fourth-order valence-electron chi connectivity index (χ4n) is 1.99. The Labute approximate surface area is 126 Å². The lowest BCUT2D eigenvalue weighted by atomic mass is 9.99. The second kappa shape index (κ2) is 6.09. The first-order chi connectivity index (χ1) is 9.92. The lowest BCUT2D eigenvalue weighted by Gasteiger charge is -2.20. The van der Waals surface area contributed by atoms with E-state index in [1.807, 2.05) is 6.92 Å². The molecule has 1 unspecified atom stereocenters. The van der Waals surface area contributed by atoms with Crippen molar-refractivity contribution in [3.05, 3.63) is 23.8 Å². The van der Waals surface area contributed by atoms with E-state index in [0.29, 0.717) is 17.1 Å². The van der Waals surface area contributed by atoms with Crippen molar-refractivity contribution in [2.75, 3.05) is 5.73 Å². The van der Waals surface area contributed by atoms with Gasteiger partial charge < -0.3 is 16.2 Å². The first-order valence-corrected chi connectivity index (χ1v) is 7.43. The maximum atomic E-state index is 12.2. The van der Waals surface area contributed by atoms with E-state index < -0.39 is 17.9 Å². The Kier molecular flexibility index (Phi) is 4.42. The Balaban J connectivity index is 2.22. The normalized spacial score (nSPS) is 13.8. The van der Waals surface area contributed by atoms with E-state index >= 15 is 0 Å². The Morgan fingerprint density at radius 1 is 1.48 bits per heavy atom. The standard InChI is InChI=1S/C14H17N3O3S/c1-3-7(2)11(13(19)20)17-12(18)8-4-5-9-10(6-8)21-14(15)16-9/h4-7,11H,3H2,1-2H3,(H2,15,16)(H,17,18)(H,19,20)/t7?,11-/m0/s1. The second-order valence-corrected chi connectivity index (χ2v) is 5.97. The number of aromatic nitrogens is 1. The van der Waals surface area contributed by atoms with Crippen LogP contribution in [0.5, 0.6) is 0 Å². The van der Waals surface area contributed by atoms with E-state index in [4.69, 9.17) is 5.73 Å². The monoisotopic (exact) mass is 307 g/mol. The minimum Gasteiger partial charge on any atom is -0.480 e. The van der Waals surface area contributed by atoms with Crippen molar-refractivity contribution < 1.29 is 14.7 Å². The van der Waals surface area contributed by atoms with Crippen molar-refractivity contribution in [1.82, 2.24) is 10.3 Å². The van der Waals surface area contributed by atoms with Gasteiger partial charge in [-0.25, -0.2) is 9.78 Å². The molecule has 0 radical (unpaired) electrons. The molecule has 21 heavy (non-hydrogen) atoms. The average molecular weight is 307 g/mol. The Morgan fingerprint density at radius 3 is 2.81 bits per heavy atom. The van der Waals surface area contributed by atoms with Gasteiger partial charge >= 0.3 is 5.97 Å². The highest BCUT2D eigenvalue weighted by Crippen LogP contribution is 2.24. The van der Waals surface area contributed by atoms with Crippen LogP contribution in [0.25, 0.3) is 10.2 Å². The van der Waals surface area contributed by atoms with Crippen LogP contribution in [0.1, 0.15) is 30.6 Å². The van der Waals surface area contributed by atoms with E-state index in [9.17, 15) is 14.7 Å². The molecule has 0 aliphatic heterocycles. The zero-order chi connectivity index (χ0) is 15.6. The minimum absolute atomic E-state index is 0.144. The smallest absolute Gasteiger partial charge is 0.326 e. The molecule has 0 spiro atoms. The molecule has 0 saturated heterocycles. The van der Waals surface area contributed by atoms with Crippen LogP contribution < -0.4 is 11.1 Å². The zero-order valence-corrected chi connectivity index (χ0v) is 12.6. The molecule has 2 atom stereocenters. The van der Waals surface area contributed by atoms with Gasteiger partial charge in [-0.3, -0.25) is 4.79 Å². The largest absolute Gasteiger partial charge is 0.480 e. The second-order valence-electron chi connectivity index (χ2n) is 4.91. The van der Waals surface area contributed by atoms with Gasteiger partial charge in [0.25, 0.3) is 5.91 Å². The molecule has 4 N–H and O–H groups in total. The predicted octanol–water partition coefficient (Wildman–Crippen LogP) is 2.11. The average Bonchev–Trinajstić information content (AvgIpc) is 2.82. The van der Waals surface area contributed by atoms with Gasteiger partial charge in [0.2, 0.25) is 0 Å². The van der Waals surface area contributed by atoms with Crippen LogP contribution in [0, 0.1) is 5.92 Å². The van der Waals surface area contributed by atoms with Crippen molar-refractivity contribution in [2.24, 2.45) is 5.92 Å². The molecular formula is C14H17N3O3S. The lowest BCUT2D eigenvalue weighted by Crippen LogP contribution is -2.45. The first kappa shape index (κ1) is 15.2. The molecule has 0 fully saturated rings. The zero-order valence-electron chi connectivity index (χ0n) is 11.8. The van der Waals surface area contributed by atoms with E-state index in [0.717, 1.165) is 10.2 Å². The number of carboxylic acids is 1. The highest BCUT2D eigenvalue weighted by Gasteiger charge is 2.25. The van der Waals surface area contributed by atoms with Gasteiger partial charge in [0.05, 0.1) is 10.2 Å². The molecule has 2 aromatic rings. The van der Waals surface area contributed by atoms with Crippen molar-refractivity contribution >= 4 is 38.6 Å². The maximum Gasteiger partial charge on any atom is 0.326 e. The number of aliphatic carboxylic acids is 1. The summed E-state index contributed by atoms with van der Waals surface area (Å²) in [5.74, 6) is -1.58. The highest BCUT2D eigenvalue weighted by atomic mass is 32.1. The van der Waals surface area contributed by atoms with Crippen molar-refractivity contribution in [3.8, 4) is 0 Å². The van der Waals surface area contributed by atoms with Crippen LogP contribution in [0.15, 0.2) is 18.2 Å². The molecule has 0 bridgehead atoms. The van der Waals surface area contributed by atoms with Gasteiger partial charge in [-0.15, -0.1) is 0 Å². The molecular weight excluding hydrogens is 290 g/mol. The summed E-state index contributed by atoms with van der Waals surface area (Å²) in [6.07, 6.45) is 0.668. The van der Waals surface area contributed by atoms with Crippen molar-refractivity contribution in [2.45, 2.75) is 26.3 Å². The van der Waals surface area contributed by atoms with Crippen LogP contribution in [0.4, 0.5) is 5.13 Å². The number of carbonyl (C=O) groups excluding carboxylic acids is 1. The third kappa shape index (κ3) is 3.30. The summed E-state index contributed by atoms with van der Waals surface area (Å²) in [5.41, 5.74) is 6.76. The van der Waals surface area contributed by atoms with Crippen LogP contribution in [0.3, 0.4) is 0 Å². The molecule has 0 aliphatic carbocycles. The summed E-state index contributed by atoms with van der Waals surface area (Å²) >= 11 is 1.29. The summed E-state index contributed by atoms with van der Waals surface area (Å²) in [5, 5.41) is 12.2. The maximum absolute atomic E-state index is 12.2. The molecule has 2 rings (SSSR count). The number of carbonyl (C=O) groups is 2. The van der Waals surface area contributed by atoms with E-state index in [1.165, 1.54) is 11.3 Å². The van der Waals surface area contributed by atoms with Crippen LogP contribution in [0.2, 0.25) is 0 Å². The molecule has 6 nitrogen and oxygen atoms in total. The molecule has 1 amide bonds. The number of carboxylic acid groups (broad SMARTS) is 1. The Morgan fingerprint density at radius 2 is 2.19 bits per heavy atom. The third-order valence-corrected chi connectivity index (χ3v) is 4.28. The number of hydrogen-bond acceptors (Lipinski definition) is 5. The van der Waals surface area contributed by atoms with Gasteiger partial charge in [-0.1, -0.05) is 31.6 Å². The van der Waals surface area contributed by atoms with Crippen molar-refractivity contribution in [3.63, 3.8) is 0 Å². The number of nitrogens with zero attached hydrogens (tertiary/aromatic N) is 1. The van der Waals surface area contributed by atoms with Crippen LogP contribution in [-0.2, 0) is 4.79 Å². The topological polar surface area (TPSA) is 105 Å². The Hall–Kier alpha value is -2.15. The van der Waals surface area contributed by atoms with E-state index in [-0.39, 0.29) is 5.92 Å². The molecule has 1 heterocycles. The van der Waals surface area contributed by atoms with Gasteiger partial charge in [0.15, 0.2) is 5.13 Å². The van der Waals surface area contributed by atoms with Crippen molar-refractivity contribution in [1.29, 1.82) is 0 Å². The van der Waals surface area contributed by atoms with E-state index in [2.05, 4.69) is 10.3 Å². The van der Waals surface area contributed by atoms with Gasteiger partial charge in [0.1, 0.15) is 6.04 Å². The van der Waals surface area contributed by atoms with Gasteiger partial charge in [-0.2, -0.15) is 0 Å². The van der Waals surface area contributed by atoms with Gasteiger partial charge in [0, 0.05) is 5.56 Å². The lowest BCUT2D eigenvalue weighted by molar-refractivity contribution is -0.140. The Bertz CT molecular complexity index is 683. The number of benzene rings is 1. The summed E-state index contributed by atoms with van der Waals surface area (Å²) in [6, 6.07) is 4.10. The molecule has 7 heteroatoms. The summed E-state index contributed by atoms with van der Waals surface area (Å²) < 4.78 is 0.801. The summed E-state index contributed by atoms with van der Waals surface area (Å²) in [7, 11) is 0. The molecule has 112 valence electrons. The van der Waals surface area contributed by atoms with Gasteiger partial charge in [-0.05, 0) is 24.1 Å². The SMILES string of the molecule is CCC(C)[C@H](NC(=O)c1ccc2nc(N)sc2c1)C(=O)O. The predicted molar refractivity (Wildman–Crippen MR) is 82.4 cm³/mol. The summed E-state index contributed by atoms with van der Waals surface area (Å²) in [4.78, 5) is 27.6. The number of fused-ring (bicyclic) bond motifs is 1. The van der Waals surface area contributed by atoms with Crippen LogP contribution in [-0.4, -0.2) is 28.0 Å². The number of amides is 1. The summed E-state index contributed by atoms with van der Waals surface area (Å²) in [6.45, 7) is 3.69. The molecule has 0 saturated carbocycles. The number of rotatable bonds is 5. The highest BCUT2D eigenvalue weighted by molar-refractivity contribution is 7.22. The third-order valence-electron chi connectivity index (χ3n) is 3.43.